The van der Waals surface area contributed by atoms with Crippen LogP contribution in [0, 0.1) is 11.3 Å². The van der Waals surface area contributed by atoms with E-state index in [2.05, 4.69) is 21.0 Å². The van der Waals surface area contributed by atoms with Crippen molar-refractivity contribution in [2.45, 2.75) is 40.5 Å². The number of sulfone groups is 1. The molecule has 0 aromatic carbocycles. The summed E-state index contributed by atoms with van der Waals surface area (Å²) in [4.78, 5) is 12.5. The quantitative estimate of drug-likeness (QED) is 0.523. The Labute approximate surface area is 180 Å². The Bertz CT molecular complexity index is 1340. The molecular weight excluding hydrogens is 451 g/mol. The second kappa shape index (κ2) is 7.20. The number of aromatic nitrogens is 4. The van der Waals surface area contributed by atoms with E-state index < -0.39 is 20.8 Å². The van der Waals surface area contributed by atoms with E-state index in [9.17, 15) is 26.9 Å². The number of halogens is 3. The molecule has 12 heteroatoms. The number of fused-ring (bicyclic) bond motifs is 1. The van der Waals surface area contributed by atoms with Crippen molar-refractivity contribution in [3.63, 3.8) is 0 Å². The molecule has 0 spiro atoms. The van der Waals surface area contributed by atoms with Crippen LogP contribution in [0.2, 0.25) is 0 Å². The topological polar surface area (TPSA) is 102 Å². The maximum Gasteiger partial charge on any atom is 0.446 e. The van der Waals surface area contributed by atoms with Crippen LogP contribution < -0.4 is 0 Å². The zero-order valence-electron chi connectivity index (χ0n) is 16.4. The minimum Gasteiger partial charge on any atom is -0.310 e. The molecule has 3 aromatic rings. The number of nitrogens with zero attached hydrogens (tertiary/aromatic N) is 5. The molecule has 0 bridgehead atoms. The first-order chi connectivity index (χ1) is 14.5. The van der Waals surface area contributed by atoms with E-state index >= 15 is 0 Å². The van der Waals surface area contributed by atoms with Crippen molar-refractivity contribution >= 4 is 32.8 Å². The molecule has 0 aliphatic heterocycles. The Balaban J connectivity index is 1.89. The van der Waals surface area contributed by atoms with E-state index in [1.807, 2.05) is 0 Å². The predicted octanol–water partition coefficient (Wildman–Crippen LogP) is 3.99. The van der Waals surface area contributed by atoms with Crippen LogP contribution in [-0.2, 0) is 22.3 Å². The van der Waals surface area contributed by atoms with Gasteiger partial charge in [-0.15, -0.1) is 0 Å². The van der Waals surface area contributed by atoms with Gasteiger partial charge in [-0.3, -0.25) is 4.98 Å². The van der Waals surface area contributed by atoms with E-state index in [1.54, 1.807) is 7.05 Å². The maximum absolute atomic E-state index is 12.8. The average molecular weight is 467 g/mol. The van der Waals surface area contributed by atoms with Gasteiger partial charge in [-0.25, -0.2) is 18.4 Å². The first-order valence-corrected chi connectivity index (χ1v) is 11.7. The van der Waals surface area contributed by atoms with E-state index in [4.69, 9.17) is 0 Å². The van der Waals surface area contributed by atoms with Gasteiger partial charge in [0.05, 0.1) is 22.1 Å². The van der Waals surface area contributed by atoms with Gasteiger partial charge in [0.25, 0.3) is 0 Å². The van der Waals surface area contributed by atoms with E-state index in [0.717, 1.165) is 6.20 Å². The summed E-state index contributed by atoms with van der Waals surface area (Å²) in [6.45, 7) is 1.50. The summed E-state index contributed by atoms with van der Waals surface area (Å²) in [6, 6.07) is 4.94. The lowest BCUT2D eigenvalue weighted by Crippen LogP contribution is -2.12. The van der Waals surface area contributed by atoms with Crippen LogP contribution in [0.3, 0.4) is 0 Å². The third-order valence-electron chi connectivity index (χ3n) is 5.21. The first-order valence-electron chi connectivity index (χ1n) is 9.23. The second-order valence-corrected chi connectivity index (χ2v) is 10.6. The first kappa shape index (κ1) is 21.6. The summed E-state index contributed by atoms with van der Waals surface area (Å²) in [7, 11) is -2.14. The molecule has 0 unspecified atom stereocenters. The fourth-order valence-electron chi connectivity index (χ4n) is 3.32. The molecular formula is C19H16F3N5O2S2. The summed E-state index contributed by atoms with van der Waals surface area (Å²) in [5.74, 6) is -0.0174. The third-order valence-corrected chi connectivity index (χ3v) is 7.65. The molecule has 0 saturated heterocycles. The maximum atomic E-state index is 12.8. The number of rotatable bonds is 5. The third kappa shape index (κ3) is 3.87. The molecule has 0 amide bonds. The number of nitriles is 1. The molecule has 162 valence electrons. The molecule has 1 fully saturated rings. The summed E-state index contributed by atoms with van der Waals surface area (Å²) >= 11 is -0.302. The van der Waals surface area contributed by atoms with Crippen LogP contribution >= 0.6 is 11.8 Å². The standard InChI is InChI=1S/C19H16F3N5O2S2/c1-3-31(28,29)14-6-11(18(10-23)4-5-18)8-24-15(14)17-26-13-7-12(30-19(20,21)22)9-25-16(13)27(17)2/h6-9H,3-5H2,1-2H3. The van der Waals surface area contributed by atoms with Gasteiger partial charge in [-0.1, -0.05) is 6.92 Å². The molecule has 3 heterocycles. The van der Waals surface area contributed by atoms with Crippen molar-refractivity contribution in [2.24, 2.45) is 7.05 Å². The number of thioether (sulfide) groups is 1. The Morgan fingerprint density at radius 3 is 2.55 bits per heavy atom. The van der Waals surface area contributed by atoms with Crippen LogP contribution in [0.15, 0.2) is 34.3 Å². The monoisotopic (exact) mass is 467 g/mol. The molecule has 1 aliphatic rings. The van der Waals surface area contributed by atoms with Crippen molar-refractivity contribution in [3.05, 3.63) is 30.1 Å². The van der Waals surface area contributed by atoms with Crippen molar-refractivity contribution in [1.29, 1.82) is 5.26 Å². The van der Waals surface area contributed by atoms with Gasteiger partial charge in [0.1, 0.15) is 11.2 Å². The van der Waals surface area contributed by atoms with Gasteiger partial charge < -0.3 is 4.57 Å². The molecule has 0 atom stereocenters. The lowest BCUT2D eigenvalue weighted by molar-refractivity contribution is -0.0328. The van der Waals surface area contributed by atoms with Crippen LogP contribution in [0.5, 0.6) is 0 Å². The summed E-state index contributed by atoms with van der Waals surface area (Å²) < 4.78 is 65.2. The van der Waals surface area contributed by atoms with Crippen molar-refractivity contribution in [3.8, 4) is 17.6 Å². The highest BCUT2D eigenvalue weighted by molar-refractivity contribution is 8.00. The predicted molar refractivity (Wildman–Crippen MR) is 108 cm³/mol. The highest BCUT2D eigenvalue weighted by Gasteiger charge is 2.46. The number of hydrogen-bond acceptors (Lipinski definition) is 7. The number of pyridine rings is 2. The largest absolute Gasteiger partial charge is 0.446 e. The average Bonchev–Trinajstić information content (AvgIpc) is 3.45. The Hall–Kier alpha value is -2.65. The normalized spacial score (nSPS) is 15.7. The number of alkyl halides is 3. The molecule has 7 nitrogen and oxygen atoms in total. The van der Waals surface area contributed by atoms with Crippen LogP contribution in [-0.4, -0.2) is 39.2 Å². The minimum atomic E-state index is -4.47. The summed E-state index contributed by atoms with van der Waals surface area (Å²) in [5, 5.41) is 9.46. The summed E-state index contributed by atoms with van der Waals surface area (Å²) in [6.07, 6.45) is 3.83. The fourth-order valence-corrected chi connectivity index (χ4v) is 4.91. The highest BCUT2D eigenvalue weighted by Crippen LogP contribution is 2.48. The molecule has 3 aromatic heterocycles. The van der Waals surface area contributed by atoms with Gasteiger partial charge in [-0.05, 0) is 42.3 Å². The van der Waals surface area contributed by atoms with Crippen molar-refractivity contribution < 1.29 is 21.6 Å². The zero-order valence-corrected chi connectivity index (χ0v) is 18.1. The number of aryl methyl sites for hydroxylation is 1. The van der Waals surface area contributed by atoms with Gasteiger partial charge in [0, 0.05) is 24.3 Å². The van der Waals surface area contributed by atoms with Crippen LogP contribution in [0.1, 0.15) is 25.3 Å². The molecule has 0 radical (unpaired) electrons. The SMILES string of the molecule is CCS(=O)(=O)c1cc(C2(C#N)CC2)cnc1-c1nc2cc(SC(F)(F)F)cnc2n1C. The van der Waals surface area contributed by atoms with Gasteiger partial charge in [0.2, 0.25) is 0 Å². The van der Waals surface area contributed by atoms with E-state index in [-0.39, 0.29) is 44.3 Å². The van der Waals surface area contributed by atoms with Gasteiger partial charge >= 0.3 is 5.51 Å². The lowest BCUT2D eigenvalue weighted by atomic mass is 9.99. The van der Waals surface area contributed by atoms with E-state index in [1.165, 1.54) is 29.8 Å². The van der Waals surface area contributed by atoms with Crippen LogP contribution in [0.25, 0.3) is 22.7 Å². The smallest absolute Gasteiger partial charge is 0.310 e. The molecule has 4 rings (SSSR count). The molecule has 0 N–H and O–H groups in total. The Morgan fingerprint density at radius 2 is 1.97 bits per heavy atom. The van der Waals surface area contributed by atoms with Gasteiger partial charge in [-0.2, -0.15) is 18.4 Å². The number of imidazole rings is 1. The van der Waals surface area contributed by atoms with Crippen molar-refractivity contribution in [1.82, 2.24) is 19.5 Å². The van der Waals surface area contributed by atoms with Crippen LogP contribution in [0.4, 0.5) is 13.2 Å². The van der Waals surface area contributed by atoms with Gasteiger partial charge in [0.15, 0.2) is 21.3 Å². The summed E-state index contributed by atoms with van der Waals surface area (Å²) in [5.41, 5.74) is -4.10. The molecule has 1 aliphatic carbocycles. The molecule has 1 saturated carbocycles. The number of hydrogen-bond donors (Lipinski definition) is 0. The molecule has 31 heavy (non-hydrogen) atoms. The second-order valence-electron chi connectivity index (χ2n) is 7.22. The fraction of sp³-hybridized carbons (Fsp3) is 0.368. The minimum absolute atomic E-state index is 0.0580. The zero-order chi connectivity index (χ0) is 22.6. The van der Waals surface area contributed by atoms with Crippen molar-refractivity contribution in [2.75, 3.05) is 5.75 Å². The highest BCUT2D eigenvalue weighted by atomic mass is 32.2. The van der Waals surface area contributed by atoms with E-state index in [0.29, 0.717) is 24.1 Å². The Kier molecular flexibility index (Phi) is 5.01. The Morgan fingerprint density at radius 1 is 1.26 bits per heavy atom. The lowest BCUT2D eigenvalue weighted by Gasteiger charge is -2.13.